The van der Waals surface area contributed by atoms with Gasteiger partial charge in [-0.05, 0) is 70.7 Å². The van der Waals surface area contributed by atoms with Gasteiger partial charge in [0.1, 0.15) is 11.4 Å². The second-order valence-electron chi connectivity index (χ2n) is 7.97. The molecule has 0 spiro atoms. The number of halogens is 1. The van der Waals surface area contributed by atoms with Crippen LogP contribution in [0.25, 0.3) is 0 Å². The second kappa shape index (κ2) is 10.3. The first-order valence-corrected chi connectivity index (χ1v) is 9.97. The molecule has 1 saturated carbocycles. The van der Waals surface area contributed by atoms with Gasteiger partial charge in [-0.2, -0.15) is 0 Å². The zero-order chi connectivity index (χ0) is 21.4. The minimum atomic E-state index is -0.545. The molecule has 0 saturated heterocycles. The van der Waals surface area contributed by atoms with Crippen molar-refractivity contribution in [2.75, 3.05) is 6.61 Å². The molecule has 1 fully saturated rings. The van der Waals surface area contributed by atoms with Crippen LogP contribution in [0.5, 0.6) is 5.75 Å². The molecule has 0 heterocycles. The number of hydrogen-bond acceptors (Lipinski definition) is 5. The molecular weight excluding hydrogens is 398 g/mol. The Balaban J connectivity index is 1.64. The number of alkyl carbamates (subject to hydrolysis) is 1. The van der Waals surface area contributed by atoms with Crippen LogP contribution in [0.2, 0.25) is 5.02 Å². The van der Waals surface area contributed by atoms with Crippen molar-refractivity contribution < 1.29 is 23.9 Å². The van der Waals surface area contributed by atoms with Gasteiger partial charge in [0.15, 0.2) is 6.61 Å². The normalized spacial score (nSPS) is 19.0. The maximum absolute atomic E-state index is 12.2. The lowest BCUT2D eigenvalue weighted by atomic mass is 9.85. The summed E-state index contributed by atoms with van der Waals surface area (Å²) in [6.45, 7) is 5.20. The van der Waals surface area contributed by atoms with E-state index in [1.165, 1.54) is 0 Å². The number of hydrogen-bond donors (Lipinski definition) is 3. The monoisotopic (exact) mass is 425 g/mol. The Morgan fingerprint density at radius 2 is 1.66 bits per heavy atom. The van der Waals surface area contributed by atoms with Crippen molar-refractivity contribution in [1.82, 2.24) is 16.2 Å². The van der Waals surface area contributed by atoms with Gasteiger partial charge in [-0.25, -0.2) is 4.79 Å². The highest BCUT2D eigenvalue weighted by Gasteiger charge is 2.28. The van der Waals surface area contributed by atoms with Gasteiger partial charge in [0.05, 0.1) is 0 Å². The third-order valence-corrected chi connectivity index (χ3v) is 4.58. The van der Waals surface area contributed by atoms with Crippen molar-refractivity contribution in [2.24, 2.45) is 5.92 Å². The summed E-state index contributed by atoms with van der Waals surface area (Å²) in [5.41, 5.74) is 4.24. The van der Waals surface area contributed by atoms with Gasteiger partial charge in [-0.1, -0.05) is 11.6 Å². The first-order chi connectivity index (χ1) is 13.6. The van der Waals surface area contributed by atoms with E-state index in [1.54, 1.807) is 24.3 Å². The van der Waals surface area contributed by atoms with E-state index >= 15 is 0 Å². The highest BCUT2D eigenvalue weighted by atomic mass is 35.5. The third kappa shape index (κ3) is 8.60. The van der Waals surface area contributed by atoms with E-state index in [2.05, 4.69) is 16.2 Å². The van der Waals surface area contributed by atoms with Crippen molar-refractivity contribution in [1.29, 1.82) is 0 Å². The molecule has 1 aromatic carbocycles. The average Bonchev–Trinajstić information content (AvgIpc) is 2.64. The maximum atomic E-state index is 12.2. The summed E-state index contributed by atoms with van der Waals surface area (Å²) >= 11 is 5.78. The fourth-order valence-electron chi connectivity index (χ4n) is 2.92. The van der Waals surface area contributed by atoms with Crippen LogP contribution >= 0.6 is 11.6 Å². The Morgan fingerprint density at radius 1 is 1.03 bits per heavy atom. The van der Waals surface area contributed by atoms with Crippen LogP contribution in [0, 0.1) is 5.92 Å². The molecule has 0 unspecified atom stereocenters. The number of amides is 3. The average molecular weight is 426 g/mol. The van der Waals surface area contributed by atoms with E-state index < -0.39 is 17.6 Å². The van der Waals surface area contributed by atoms with Crippen molar-refractivity contribution in [3.63, 3.8) is 0 Å². The molecule has 0 aromatic heterocycles. The fraction of sp³-hybridized carbons (Fsp3) is 0.550. The molecule has 160 valence electrons. The molecule has 0 radical (unpaired) electrons. The fourth-order valence-corrected chi connectivity index (χ4v) is 3.05. The van der Waals surface area contributed by atoms with Crippen molar-refractivity contribution >= 4 is 29.5 Å². The number of carbonyl (C=O) groups is 3. The van der Waals surface area contributed by atoms with Crippen molar-refractivity contribution in [2.45, 2.75) is 58.1 Å². The second-order valence-corrected chi connectivity index (χ2v) is 8.41. The molecule has 0 bridgehead atoms. The minimum absolute atomic E-state index is 0.0173. The Kier molecular flexibility index (Phi) is 8.13. The quantitative estimate of drug-likeness (QED) is 0.629. The Bertz CT molecular complexity index is 710. The molecule has 9 heteroatoms. The summed E-state index contributed by atoms with van der Waals surface area (Å²) in [7, 11) is 0. The van der Waals surface area contributed by atoms with Crippen molar-refractivity contribution in [3.8, 4) is 5.75 Å². The lowest BCUT2D eigenvalue weighted by Crippen LogP contribution is -2.48. The molecule has 3 N–H and O–H groups in total. The Hall–Kier alpha value is -2.48. The van der Waals surface area contributed by atoms with Gasteiger partial charge in [-0.3, -0.25) is 20.4 Å². The Morgan fingerprint density at radius 3 is 2.24 bits per heavy atom. The number of rotatable bonds is 5. The topological polar surface area (TPSA) is 106 Å². The summed E-state index contributed by atoms with van der Waals surface area (Å²) in [6, 6.07) is 6.60. The Labute approximate surface area is 175 Å². The van der Waals surface area contributed by atoms with E-state index in [9.17, 15) is 14.4 Å². The van der Waals surface area contributed by atoms with E-state index in [-0.39, 0.29) is 24.5 Å². The first-order valence-electron chi connectivity index (χ1n) is 9.59. The lowest BCUT2D eigenvalue weighted by molar-refractivity contribution is -0.132. The largest absolute Gasteiger partial charge is 0.484 e. The van der Waals surface area contributed by atoms with Crippen molar-refractivity contribution in [3.05, 3.63) is 29.3 Å². The van der Waals surface area contributed by atoms with E-state index in [4.69, 9.17) is 21.1 Å². The van der Waals surface area contributed by atoms with Crippen LogP contribution < -0.4 is 20.9 Å². The molecule has 29 heavy (non-hydrogen) atoms. The van der Waals surface area contributed by atoms with Crippen LogP contribution in [-0.2, 0) is 14.3 Å². The summed E-state index contributed by atoms with van der Waals surface area (Å²) < 4.78 is 10.6. The maximum Gasteiger partial charge on any atom is 0.407 e. The molecule has 1 aliphatic rings. The number of ether oxygens (including phenoxy) is 2. The van der Waals surface area contributed by atoms with Crippen LogP contribution in [0.1, 0.15) is 46.5 Å². The summed E-state index contributed by atoms with van der Waals surface area (Å²) in [4.78, 5) is 35.9. The molecule has 0 aliphatic heterocycles. The molecule has 8 nitrogen and oxygen atoms in total. The zero-order valence-corrected chi connectivity index (χ0v) is 17.7. The number of nitrogens with one attached hydrogen (secondary N) is 3. The van der Waals surface area contributed by atoms with Crippen LogP contribution in [0.15, 0.2) is 24.3 Å². The lowest BCUT2D eigenvalue weighted by Gasteiger charge is -2.29. The summed E-state index contributed by atoms with van der Waals surface area (Å²) in [5, 5.41) is 3.41. The molecule has 0 atom stereocenters. The predicted octanol–water partition coefficient (Wildman–Crippen LogP) is 2.95. The third-order valence-electron chi connectivity index (χ3n) is 4.33. The molecule has 3 amide bonds. The van der Waals surface area contributed by atoms with Crippen LogP contribution in [0.4, 0.5) is 4.79 Å². The molecule has 1 aliphatic carbocycles. The number of carbonyl (C=O) groups excluding carboxylic acids is 3. The van der Waals surface area contributed by atoms with Gasteiger partial charge in [0.2, 0.25) is 5.91 Å². The van der Waals surface area contributed by atoms with Gasteiger partial charge >= 0.3 is 6.09 Å². The standard InChI is InChI=1S/C20H28ClN3O5/c1-20(2,3)29-19(27)22-15-8-4-13(5-9-15)18(26)24-23-17(25)12-28-16-10-6-14(21)7-11-16/h6-7,10-11,13,15H,4-5,8-9,12H2,1-3H3,(H,22,27)(H,23,25)(H,24,26). The molecular formula is C20H28ClN3O5. The predicted molar refractivity (Wildman–Crippen MR) is 108 cm³/mol. The smallest absolute Gasteiger partial charge is 0.407 e. The van der Waals surface area contributed by atoms with Gasteiger partial charge in [-0.15, -0.1) is 0 Å². The number of benzene rings is 1. The first kappa shape index (κ1) is 22.8. The highest BCUT2D eigenvalue weighted by molar-refractivity contribution is 6.30. The van der Waals surface area contributed by atoms with Crippen LogP contribution in [0.3, 0.4) is 0 Å². The van der Waals surface area contributed by atoms with Gasteiger partial charge in [0.25, 0.3) is 5.91 Å². The molecule has 2 rings (SSSR count). The number of hydrazine groups is 1. The van der Waals surface area contributed by atoms with E-state index in [0.29, 0.717) is 36.5 Å². The zero-order valence-electron chi connectivity index (χ0n) is 16.9. The van der Waals surface area contributed by atoms with E-state index in [0.717, 1.165) is 0 Å². The summed E-state index contributed by atoms with van der Waals surface area (Å²) in [5.74, 6) is -0.426. The van der Waals surface area contributed by atoms with E-state index in [1.807, 2.05) is 20.8 Å². The SMILES string of the molecule is CC(C)(C)OC(=O)NC1CCC(C(=O)NNC(=O)COc2ccc(Cl)cc2)CC1. The van der Waals surface area contributed by atoms with Gasteiger partial charge in [0, 0.05) is 17.0 Å². The summed E-state index contributed by atoms with van der Waals surface area (Å²) in [6.07, 6.45) is 2.13. The minimum Gasteiger partial charge on any atom is -0.484 e. The highest BCUT2D eigenvalue weighted by Crippen LogP contribution is 2.24. The van der Waals surface area contributed by atoms with Crippen LogP contribution in [-0.4, -0.2) is 36.2 Å². The molecule has 1 aromatic rings. The van der Waals surface area contributed by atoms with Gasteiger partial charge < -0.3 is 14.8 Å².